The minimum Gasteiger partial charge on any atom is -0.266 e. The molecule has 0 aromatic heterocycles. The first-order valence-corrected chi connectivity index (χ1v) is 8.55. The van der Waals surface area contributed by atoms with Gasteiger partial charge in [0.25, 0.3) is 10.1 Å². The van der Waals surface area contributed by atoms with Crippen molar-refractivity contribution in [1.82, 2.24) is 0 Å². The molecule has 1 aromatic carbocycles. The van der Waals surface area contributed by atoms with Crippen LogP contribution in [0.1, 0.15) is 32.8 Å². The number of rotatable bonds is 4. The fourth-order valence-electron chi connectivity index (χ4n) is 2.51. The summed E-state index contributed by atoms with van der Waals surface area (Å²) in [6, 6.07) is 6.72. The zero-order chi connectivity index (χ0) is 15.7. The summed E-state index contributed by atoms with van der Waals surface area (Å²) in [5, 5.41) is 0. The van der Waals surface area contributed by atoms with E-state index in [0.29, 0.717) is 0 Å². The first kappa shape index (κ1) is 16.0. The quantitative estimate of drug-likeness (QED) is 0.627. The monoisotopic (exact) mass is 306 g/mol. The lowest BCUT2D eigenvalue weighted by Gasteiger charge is -2.45. The molecule has 1 unspecified atom stereocenters. The minimum atomic E-state index is -3.67. The second-order valence-electron chi connectivity index (χ2n) is 6.09. The Balaban J connectivity index is 2.04. The molecule has 1 aliphatic rings. The van der Waals surface area contributed by atoms with Gasteiger partial charge < -0.3 is 0 Å². The predicted octanol–water partition coefficient (Wildman–Crippen LogP) is 3.85. The molecule has 0 N–H and O–H groups in total. The van der Waals surface area contributed by atoms with Crippen LogP contribution < -0.4 is 0 Å². The fourth-order valence-corrected chi connectivity index (χ4v) is 3.46. The van der Waals surface area contributed by atoms with E-state index in [1.807, 2.05) is 19.9 Å². The van der Waals surface area contributed by atoms with Gasteiger partial charge in [-0.1, -0.05) is 31.5 Å². The Morgan fingerprint density at radius 3 is 2.48 bits per heavy atom. The van der Waals surface area contributed by atoms with E-state index in [9.17, 15) is 8.42 Å². The topological polar surface area (TPSA) is 43.4 Å². The molecule has 1 saturated carbocycles. The number of hydrogen-bond donors (Lipinski definition) is 0. The molecule has 4 heteroatoms. The van der Waals surface area contributed by atoms with Crippen molar-refractivity contribution in [3.63, 3.8) is 0 Å². The van der Waals surface area contributed by atoms with Crippen molar-refractivity contribution in [3.05, 3.63) is 47.2 Å². The molecular formula is C17H22O3S. The van der Waals surface area contributed by atoms with Crippen molar-refractivity contribution in [2.75, 3.05) is 6.61 Å². The highest BCUT2D eigenvalue weighted by molar-refractivity contribution is 7.86. The zero-order valence-electron chi connectivity index (χ0n) is 13.0. The van der Waals surface area contributed by atoms with Gasteiger partial charge >= 0.3 is 0 Å². The maximum absolute atomic E-state index is 12.2. The Bertz CT molecular complexity index is 675. The highest BCUT2D eigenvalue weighted by Gasteiger charge is 2.44. The van der Waals surface area contributed by atoms with Crippen LogP contribution in [0.25, 0.3) is 0 Å². The van der Waals surface area contributed by atoms with E-state index >= 15 is 0 Å². The molecule has 0 spiro atoms. The maximum Gasteiger partial charge on any atom is 0.296 e. The molecule has 0 bridgehead atoms. The van der Waals surface area contributed by atoms with Gasteiger partial charge in [-0.2, -0.15) is 8.42 Å². The third-order valence-corrected chi connectivity index (χ3v) is 5.60. The van der Waals surface area contributed by atoms with Gasteiger partial charge in [-0.3, -0.25) is 4.18 Å². The SMILES string of the molecule is CC=C=C1CC(COS(=O)(=O)c2ccc(C)cc2)C1(C)C. The van der Waals surface area contributed by atoms with E-state index in [1.165, 1.54) is 5.57 Å². The maximum atomic E-state index is 12.2. The van der Waals surface area contributed by atoms with Crippen LogP contribution in [0.4, 0.5) is 0 Å². The van der Waals surface area contributed by atoms with Crippen molar-refractivity contribution in [2.45, 2.75) is 39.0 Å². The average Bonchev–Trinajstić information content (AvgIpc) is 2.42. The fraction of sp³-hybridized carbons (Fsp3) is 0.471. The molecule has 0 aliphatic heterocycles. The van der Waals surface area contributed by atoms with Gasteiger partial charge in [0.15, 0.2) is 0 Å². The molecule has 2 rings (SSSR count). The van der Waals surface area contributed by atoms with Crippen LogP contribution in [-0.2, 0) is 14.3 Å². The molecular weight excluding hydrogens is 284 g/mol. The van der Waals surface area contributed by atoms with Gasteiger partial charge in [-0.05, 0) is 55.4 Å². The lowest BCUT2D eigenvalue weighted by molar-refractivity contribution is 0.101. The number of aryl methyl sites for hydroxylation is 1. The standard InChI is InChI=1S/C17H22O3S/c1-5-6-14-11-15(17(14,3)4)12-20-21(18,19)16-9-7-13(2)8-10-16/h5,7-10,15H,11-12H2,1-4H3. The number of hydrogen-bond acceptors (Lipinski definition) is 3. The summed E-state index contributed by atoms with van der Waals surface area (Å²) < 4.78 is 29.6. The lowest BCUT2D eigenvalue weighted by atomic mass is 9.59. The first-order chi connectivity index (χ1) is 9.77. The van der Waals surface area contributed by atoms with Crippen molar-refractivity contribution >= 4 is 10.1 Å². The summed E-state index contributed by atoms with van der Waals surface area (Å²) in [5.41, 5.74) is 5.43. The summed E-state index contributed by atoms with van der Waals surface area (Å²) in [7, 11) is -3.67. The molecule has 0 saturated heterocycles. The van der Waals surface area contributed by atoms with Gasteiger partial charge in [0.05, 0.1) is 11.5 Å². The van der Waals surface area contributed by atoms with Gasteiger partial charge in [0.1, 0.15) is 0 Å². The number of benzene rings is 1. The van der Waals surface area contributed by atoms with E-state index < -0.39 is 10.1 Å². The Labute approximate surface area is 127 Å². The van der Waals surface area contributed by atoms with Gasteiger partial charge in [0.2, 0.25) is 0 Å². The van der Waals surface area contributed by atoms with Crippen molar-refractivity contribution in [1.29, 1.82) is 0 Å². The van der Waals surface area contributed by atoms with Gasteiger partial charge in [-0.25, -0.2) is 0 Å². The average molecular weight is 306 g/mol. The lowest BCUT2D eigenvalue weighted by Crippen LogP contribution is -2.40. The molecule has 3 nitrogen and oxygen atoms in total. The molecule has 1 aromatic rings. The summed E-state index contributed by atoms with van der Waals surface area (Å²) in [4.78, 5) is 0.217. The third kappa shape index (κ3) is 3.29. The first-order valence-electron chi connectivity index (χ1n) is 7.14. The Hall–Kier alpha value is -1.35. The van der Waals surface area contributed by atoms with Crippen molar-refractivity contribution in [3.8, 4) is 0 Å². The molecule has 21 heavy (non-hydrogen) atoms. The van der Waals surface area contributed by atoms with Crippen molar-refractivity contribution < 1.29 is 12.6 Å². The van der Waals surface area contributed by atoms with Crippen LogP contribution in [-0.4, -0.2) is 15.0 Å². The summed E-state index contributed by atoms with van der Waals surface area (Å²) >= 11 is 0. The van der Waals surface area contributed by atoms with Crippen LogP contribution in [0, 0.1) is 18.3 Å². The summed E-state index contributed by atoms with van der Waals surface area (Å²) in [6.07, 6.45) is 2.75. The molecule has 0 heterocycles. The molecule has 114 valence electrons. The summed E-state index contributed by atoms with van der Waals surface area (Å²) in [6.45, 7) is 8.29. The van der Waals surface area contributed by atoms with E-state index in [0.717, 1.165) is 12.0 Å². The molecule has 1 fully saturated rings. The van der Waals surface area contributed by atoms with E-state index in [2.05, 4.69) is 19.6 Å². The number of allylic oxidation sites excluding steroid dienone is 1. The Morgan fingerprint density at radius 1 is 1.33 bits per heavy atom. The predicted molar refractivity (Wildman–Crippen MR) is 83.5 cm³/mol. The molecule has 0 amide bonds. The van der Waals surface area contributed by atoms with Gasteiger partial charge in [0, 0.05) is 0 Å². The molecule has 1 aliphatic carbocycles. The molecule has 1 atom stereocenters. The third-order valence-electron chi connectivity index (χ3n) is 4.30. The van der Waals surface area contributed by atoms with Crippen molar-refractivity contribution in [2.24, 2.45) is 11.3 Å². The van der Waals surface area contributed by atoms with Crippen LogP contribution >= 0.6 is 0 Å². The highest BCUT2D eigenvalue weighted by Crippen LogP contribution is 2.50. The second-order valence-corrected chi connectivity index (χ2v) is 7.70. The van der Waals surface area contributed by atoms with Gasteiger partial charge in [-0.15, -0.1) is 5.73 Å². The smallest absolute Gasteiger partial charge is 0.266 e. The normalized spacial score (nSPS) is 20.6. The van der Waals surface area contributed by atoms with Crippen LogP contribution in [0.15, 0.2) is 46.5 Å². The van der Waals surface area contributed by atoms with E-state index in [1.54, 1.807) is 24.3 Å². The van der Waals surface area contributed by atoms with E-state index in [4.69, 9.17) is 4.18 Å². The summed E-state index contributed by atoms with van der Waals surface area (Å²) in [5.74, 6) is 0.208. The molecule has 0 radical (unpaired) electrons. The Kier molecular flexibility index (Phi) is 4.43. The van der Waals surface area contributed by atoms with Crippen LogP contribution in [0.5, 0.6) is 0 Å². The van der Waals surface area contributed by atoms with E-state index in [-0.39, 0.29) is 22.8 Å². The highest BCUT2D eigenvalue weighted by atomic mass is 32.2. The largest absolute Gasteiger partial charge is 0.296 e. The zero-order valence-corrected chi connectivity index (χ0v) is 13.8. The van der Waals surface area contributed by atoms with Crippen LogP contribution in [0.2, 0.25) is 0 Å². The minimum absolute atomic E-state index is 0.0463. The Morgan fingerprint density at radius 2 is 1.95 bits per heavy atom. The second kappa shape index (κ2) is 5.80. The van der Waals surface area contributed by atoms with Crippen LogP contribution in [0.3, 0.4) is 0 Å².